The summed E-state index contributed by atoms with van der Waals surface area (Å²) in [6, 6.07) is 0. The fraction of sp³-hybridized carbons (Fsp3) is 0.750. The van der Waals surface area contributed by atoms with Crippen molar-refractivity contribution in [2.45, 2.75) is 52.6 Å². The number of nitrogens with one attached hydrogen (secondary N) is 1. The first-order chi connectivity index (χ1) is 6.88. The quantitative estimate of drug-likeness (QED) is 0.825. The number of aromatic nitrogens is 2. The highest BCUT2D eigenvalue weighted by Crippen LogP contribution is 2.11. The summed E-state index contributed by atoms with van der Waals surface area (Å²) in [5, 5.41) is 7.78. The topological polar surface area (TPSA) is 29.9 Å². The van der Waals surface area contributed by atoms with E-state index in [2.05, 4.69) is 51.2 Å². The summed E-state index contributed by atoms with van der Waals surface area (Å²) >= 11 is 0. The number of hydrogen-bond acceptors (Lipinski definition) is 2. The maximum Gasteiger partial charge on any atom is 0.0534 e. The predicted octanol–water partition coefficient (Wildman–Crippen LogP) is 2.39. The smallest absolute Gasteiger partial charge is 0.0534 e. The molecule has 0 saturated carbocycles. The molecule has 0 spiro atoms. The summed E-state index contributed by atoms with van der Waals surface area (Å²) in [5.41, 5.74) is 1.50. The third kappa shape index (κ3) is 4.47. The molecule has 3 nitrogen and oxygen atoms in total. The molecule has 1 aromatic rings. The van der Waals surface area contributed by atoms with Gasteiger partial charge < -0.3 is 5.32 Å². The zero-order valence-electron chi connectivity index (χ0n) is 10.5. The average Bonchev–Trinajstić information content (AvgIpc) is 2.50. The molecule has 0 aliphatic carbocycles. The molecule has 1 rings (SSSR count). The first kappa shape index (κ1) is 12.2. The molecule has 1 N–H and O–H groups in total. The molecule has 0 saturated heterocycles. The average molecular weight is 209 g/mol. The van der Waals surface area contributed by atoms with Gasteiger partial charge in [-0.15, -0.1) is 0 Å². The van der Waals surface area contributed by atoms with E-state index in [-0.39, 0.29) is 5.54 Å². The Kier molecular flexibility index (Phi) is 3.91. The largest absolute Gasteiger partial charge is 0.310 e. The standard InChI is InChI=1S/C12H23N3/c1-10(2)11-8-14-15(9-11)7-6-13-12(3,4)5/h8-10,13H,6-7H2,1-5H3. The van der Waals surface area contributed by atoms with Gasteiger partial charge in [0.1, 0.15) is 0 Å². The lowest BCUT2D eigenvalue weighted by molar-refractivity contribution is 0.405. The van der Waals surface area contributed by atoms with E-state index in [1.807, 2.05) is 10.9 Å². The van der Waals surface area contributed by atoms with Gasteiger partial charge in [0.25, 0.3) is 0 Å². The van der Waals surface area contributed by atoms with Gasteiger partial charge in [0, 0.05) is 18.3 Å². The van der Waals surface area contributed by atoms with Crippen molar-refractivity contribution in [3.63, 3.8) is 0 Å². The number of hydrogen-bond donors (Lipinski definition) is 1. The molecule has 0 fully saturated rings. The lowest BCUT2D eigenvalue weighted by Gasteiger charge is -2.20. The molecular weight excluding hydrogens is 186 g/mol. The first-order valence-corrected chi connectivity index (χ1v) is 5.66. The summed E-state index contributed by atoms with van der Waals surface area (Å²) in [6.45, 7) is 12.8. The fourth-order valence-corrected chi connectivity index (χ4v) is 1.35. The zero-order valence-corrected chi connectivity index (χ0v) is 10.5. The molecular formula is C12H23N3. The third-order valence-electron chi connectivity index (χ3n) is 2.32. The highest BCUT2D eigenvalue weighted by molar-refractivity contribution is 5.08. The van der Waals surface area contributed by atoms with Crippen molar-refractivity contribution in [1.82, 2.24) is 15.1 Å². The number of nitrogens with zero attached hydrogens (tertiary/aromatic N) is 2. The van der Waals surface area contributed by atoms with Crippen molar-refractivity contribution >= 4 is 0 Å². The van der Waals surface area contributed by atoms with Crippen LogP contribution >= 0.6 is 0 Å². The van der Waals surface area contributed by atoms with Crippen LogP contribution in [0.4, 0.5) is 0 Å². The second-order valence-corrected chi connectivity index (χ2v) is 5.37. The summed E-state index contributed by atoms with van der Waals surface area (Å²) in [7, 11) is 0. The molecule has 0 aliphatic heterocycles. The lowest BCUT2D eigenvalue weighted by Crippen LogP contribution is -2.37. The Morgan fingerprint density at radius 2 is 2.07 bits per heavy atom. The van der Waals surface area contributed by atoms with Gasteiger partial charge >= 0.3 is 0 Å². The van der Waals surface area contributed by atoms with E-state index in [1.54, 1.807) is 0 Å². The Morgan fingerprint density at radius 1 is 1.40 bits per heavy atom. The van der Waals surface area contributed by atoms with Gasteiger partial charge in [-0.3, -0.25) is 4.68 Å². The van der Waals surface area contributed by atoms with Crippen LogP contribution in [0.3, 0.4) is 0 Å². The normalized spacial score (nSPS) is 12.4. The van der Waals surface area contributed by atoms with Crippen LogP contribution in [0.5, 0.6) is 0 Å². The first-order valence-electron chi connectivity index (χ1n) is 5.66. The lowest BCUT2D eigenvalue weighted by atomic mass is 10.1. The monoisotopic (exact) mass is 209 g/mol. The second kappa shape index (κ2) is 4.79. The minimum absolute atomic E-state index is 0.189. The Bertz CT molecular complexity index is 294. The van der Waals surface area contributed by atoms with Crippen molar-refractivity contribution in [2.24, 2.45) is 0 Å². The fourth-order valence-electron chi connectivity index (χ4n) is 1.35. The predicted molar refractivity (Wildman–Crippen MR) is 64.1 cm³/mol. The van der Waals surface area contributed by atoms with Crippen LogP contribution < -0.4 is 5.32 Å². The van der Waals surface area contributed by atoms with Gasteiger partial charge in [0.2, 0.25) is 0 Å². The molecule has 0 aromatic carbocycles. The van der Waals surface area contributed by atoms with E-state index in [1.165, 1.54) is 5.56 Å². The molecule has 1 heterocycles. The minimum Gasteiger partial charge on any atom is -0.310 e. The van der Waals surface area contributed by atoms with E-state index in [4.69, 9.17) is 0 Å². The Labute approximate surface area is 92.9 Å². The van der Waals surface area contributed by atoms with Crippen molar-refractivity contribution < 1.29 is 0 Å². The van der Waals surface area contributed by atoms with Gasteiger partial charge in [-0.05, 0) is 32.3 Å². The molecule has 0 atom stereocenters. The van der Waals surface area contributed by atoms with Crippen molar-refractivity contribution in [3.8, 4) is 0 Å². The summed E-state index contributed by atoms with van der Waals surface area (Å²) in [4.78, 5) is 0. The molecule has 0 unspecified atom stereocenters. The Morgan fingerprint density at radius 3 is 2.53 bits per heavy atom. The van der Waals surface area contributed by atoms with E-state index in [9.17, 15) is 0 Å². The molecule has 0 aliphatic rings. The Hall–Kier alpha value is -0.830. The van der Waals surface area contributed by atoms with Gasteiger partial charge in [-0.2, -0.15) is 5.10 Å². The highest BCUT2D eigenvalue weighted by Gasteiger charge is 2.08. The molecule has 3 heteroatoms. The second-order valence-electron chi connectivity index (χ2n) is 5.37. The number of rotatable bonds is 4. The SMILES string of the molecule is CC(C)c1cnn(CCNC(C)(C)C)c1. The van der Waals surface area contributed by atoms with Crippen LogP contribution in [0.15, 0.2) is 12.4 Å². The summed E-state index contributed by atoms with van der Waals surface area (Å²) < 4.78 is 2.01. The minimum atomic E-state index is 0.189. The van der Waals surface area contributed by atoms with Crippen molar-refractivity contribution in [1.29, 1.82) is 0 Å². The van der Waals surface area contributed by atoms with E-state index >= 15 is 0 Å². The van der Waals surface area contributed by atoms with Crippen LogP contribution in [0.25, 0.3) is 0 Å². The van der Waals surface area contributed by atoms with Gasteiger partial charge in [-0.1, -0.05) is 13.8 Å². The Balaban J connectivity index is 2.38. The summed E-state index contributed by atoms with van der Waals surface area (Å²) in [6.07, 6.45) is 4.09. The maximum absolute atomic E-state index is 4.33. The molecule has 15 heavy (non-hydrogen) atoms. The van der Waals surface area contributed by atoms with E-state index in [0.717, 1.165) is 13.1 Å². The summed E-state index contributed by atoms with van der Waals surface area (Å²) in [5.74, 6) is 0.564. The molecule has 0 radical (unpaired) electrons. The zero-order chi connectivity index (χ0) is 11.5. The third-order valence-corrected chi connectivity index (χ3v) is 2.32. The molecule has 0 amide bonds. The van der Waals surface area contributed by atoms with Crippen LogP contribution in [-0.4, -0.2) is 21.9 Å². The van der Waals surface area contributed by atoms with Gasteiger partial charge in [-0.25, -0.2) is 0 Å². The van der Waals surface area contributed by atoms with E-state index in [0.29, 0.717) is 5.92 Å². The van der Waals surface area contributed by atoms with Gasteiger partial charge in [0.15, 0.2) is 0 Å². The maximum atomic E-state index is 4.33. The highest BCUT2D eigenvalue weighted by atomic mass is 15.3. The van der Waals surface area contributed by atoms with Crippen LogP contribution in [0, 0.1) is 0 Å². The molecule has 86 valence electrons. The van der Waals surface area contributed by atoms with Crippen molar-refractivity contribution in [3.05, 3.63) is 18.0 Å². The van der Waals surface area contributed by atoms with Gasteiger partial charge in [0.05, 0.1) is 12.7 Å². The van der Waals surface area contributed by atoms with Crippen LogP contribution in [-0.2, 0) is 6.54 Å². The van der Waals surface area contributed by atoms with Crippen molar-refractivity contribution in [2.75, 3.05) is 6.54 Å². The molecule has 0 bridgehead atoms. The van der Waals surface area contributed by atoms with Crippen LogP contribution in [0.1, 0.15) is 46.1 Å². The van der Waals surface area contributed by atoms with E-state index < -0.39 is 0 Å². The molecule has 1 aromatic heterocycles. The van der Waals surface area contributed by atoms with Crippen LogP contribution in [0.2, 0.25) is 0 Å².